The van der Waals surface area contributed by atoms with Crippen LogP contribution in [0, 0.1) is 0 Å². The maximum absolute atomic E-state index is 13.0. The van der Waals surface area contributed by atoms with E-state index in [0.29, 0.717) is 30.0 Å². The summed E-state index contributed by atoms with van der Waals surface area (Å²) in [6, 6.07) is 10.3. The van der Waals surface area contributed by atoms with E-state index >= 15 is 0 Å². The van der Waals surface area contributed by atoms with Crippen molar-refractivity contribution in [1.29, 1.82) is 0 Å². The van der Waals surface area contributed by atoms with E-state index in [1.165, 1.54) is 18.1 Å². The van der Waals surface area contributed by atoms with Crippen LogP contribution in [0.1, 0.15) is 17.2 Å². The van der Waals surface area contributed by atoms with E-state index in [2.05, 4.69) is 6.58 Å². The van der Waals surface area contributed by atoms with Gasteiger partial charge in [-0.1, -0.05) is 18.7 Å². The number of carbonyl (C=O) groups is 2. The zero-order valence-electron chi connectivity index (χ0n) is 18.9. The number of ketones is 1. The Morgan fingerprint density at radius 3 is 2.48 bits per heavy atom. The molecule has 1 heterocycles. The van der Waals surface area contributed by atoms with Gasteiger partial charge in [0.2, 0.25) is 0 Å². The van der Waals surface area contributed by atoms with Crippen molar-refractivity contribution in [3.05, 3.63) is 71.8 Å². The highest BCUT2D eigenvalue weighted by Gasteiger charge is 2.46. The van der Waals surface area contributed by atoms with Crippen molar-refractivity contribution in [2.75, 3.05) is 40.9 Å². The third-order valence-corrected chi connectivity index (χ3v) is 5.34. The minimum Gasteiger partial charge on any atom is -0.507 e. The average molecular weight is 453 g/mol. The van der Waals surface area contributed by atoms with Crippen LogP contribution in [0.25, 0.3) is 5.76 Å². The van der Waals surface area contributed by atoms with Crippen LogP contribution in [0.2, 0.25) is 0 Å². The summed E-state index contributed by atoms with van der Waals surface area (Å²) in [7, 11) is 5.15. The Balaban J connectivity index is 2.10. The first-order valence-electron chi connectivity index (χ1n) is 10.4. The number of ether oxygens (including phenoxy) is 2. The van der Waals surface area contributed by atoms with Crippen LogP contribution in [0.15, 0.2) is 60.7 Å². The molecule has 1 amide bonds. The van der Waals surface area contributed by atoms with E-state index in [-0.39, 0.29) is 29.4 Å². The molecule has 2 N–H and O–H groups in total. The van der Waals surface area contributed by atoms with Gasteiger partial charge in [-0.2, -0.15) is 0 Å². The molecule has 8 nitrogen and oxygen atoms in total. The number of hydrogen-bond donors (Lipinski definition) is 2. The van der Waals surface area contributed by atoms with Gasteiger partial charge in [-0.15, -0.1) is 0 Å². The van der Waals surface area contributed by atoms with Crippen LogP contribution in [0.5, 0.6) is 17.2 Å². The van der Waals surface area contributed by atoms with Gasteiger partial charge in [-0.25, -0.2) is 0 Å². The largest absolute Gasteiger partial charge is 0.507 e. The summed E-state index contributed by atoms with van der Waals surface area (Å²) in [6.45, 7) is 4.74. The molecule has 174 valence electrons. The van der Waals surface area contributed by atoms with Crippen molar-refractivity contribution in [2.45, 2.75) is 6.04 Å². The fourth-order valence-corrected chi connectivity index (χ4v) is 3.65. The Labute approximate surface area is 193 Å². The second-order valence-electron chi connectivity index (χ2n) is 7.85. The number of methoxy groups -OCH3 is 1. The normalized spacial score (nSPS) is 17.5. The number of hydrogen-bond acceptors (Lipinski definition) is 7. The Kier molecular flexibility index (Phi) is 7.40. The number of aromatic hydroxyl groups is 1. The highest BCUT2D eigenvalue weighted by atomic mass is 16.5. The second kappa shape index (κ2) is 10.2. The van der Waals surface area contributed by atoms with E-state index in [4.69, 9.17) is 9.47 Å². The molecule has 0 bridgehead atoms. The number of carbonyl (C=O) groups excluding carboxylic acids is 2. The predicted octanol–water partition coefficient (Wildman–Crippen LogP) is 2.95. The number of Topliss-reactive ketones (excluding diaryl/α,β-unsaturated/α-hetero) is 1. The predicted molar refractivity (Wildman–Crippen MR) is 124 cm³/mol. The molecular weight excluding hydrogens is 424 g/mol. The number of nitrogens with zero attached hydrogens (tertiary/aromatic N) is 2. The fraction of sp³-hybridized carbons (Fsp3) is 0.280. The molecule has 1 unspecified atom stereocenters. The lowest BCUT2D eigenvalue weighted by atomic mass is 9.95. The lowest BCUT2D eigenvalue weighted by Crippen LogP contribution is -2.35. The van der Waals surface area contributed by atoms with Gasteiger partial charge in [0.1, 0.15) is 18.1 Å². The lowest BCUT2D eigenvalue weighted by Gasteiger charge is -2.27. The number of likely N-dealkylation sites (tertiary alicyclic amines) is 1. The zero-order chi connectivity index (χ0) is 24.1. The van der Waals surface area contributed by atoms with Gasteiger partial charge in [-0.05, 0) is 56.1 Å². The average Bonchev–Trinajstić information content (AvgIpc) is 3.06. The summed E-state index contributed by atoms with van der Waals surface area (Å²) in [5.41, 5.74) is 0.892. The molecule has 0 aromatic heterocycles. The molecule has 1 aliphatic rings. The van der Waals surface area contributed by atoms with Crippen LogP contribution >= 0.6 is 0 Å². The summed E-state index contributed by atoms with van der Waals surface area (Å²) in [5, 5.41) is 21.1. The lowest BCUT2D eigenvalue weighted by molar-refractivity contribution is -0.140. The Bertz CT molecular complexity index is 1070. The number of benzene rings is 2. The van der Waals surface area contributed by atoms with Gasteiger partial charge < -0.3 is 29.5 Å². The number of phenols is 1. The Morgan fingerprint density at radius 1 is 1.18 bits per heavy atom. The van der Waals surface area contributed by atoms with E-state index in [9.17, 15) is 19.8 Å². The highest BCUT2D eigenvalue weighted by Crippen LogP contribution is 2.41. The molecule has 1 atom stereocenters. The van der Waals surface area contributed by atoms with E-state index in [1.54, 1.807) is 42.5 Å². The van der Waals surface area contributed by atoms with Crippen LogP contribution in [-0.2, 0) is 9.59 Å². The molecule has 1 saturated heterocycles. The first kappa shape index (κ1) is 23.9. The molecule has 0 saturated carbocycles. The van der Waals surface area contributed by atoms with E-state index < -0.39 is 17.7 Å². The first-order chi connectivity index (χ1) is 15.8. The van der Waals surface area contributed by atoms with Crippen LogP contribution in [-0.4, -0.2) is 72.6 Å². The SMILES string of the molecule is C=CCOc1ccc(/C(O)=C2\C(=O)C(=O)N(CCN(C)C)C2c2ccc(O)c(OC)c2)cc1. The van der Waals surface area contributed by atoms with Crippen molar-refractivity contribution >= 4 is 17.4 Å². The maximum Gasteiger partial charge on any atom is 0.295 e. The molecule has 8 heteroatoms. The number of amides is 1. The highest BCUT2D eigenvalue weighted by molar-refractivity contribution is 6.46. The van der Waals surface area contributed by atoms with Gasteiger partial charge in [-0.3, -0.25) is 9.59 Å². The van der Waals surface area contributed by atoms with Crippen molar-refractivity contribution in [3.8, 4) is 17.2 Å². The molecule has 1 aliphatic heterocycles. The summed E-state index contributed by atoms with van der Waals surface area (Å²) in [4.78, 5) is 29.3. The number of rotatable bonds is 9. The molecule has 0 radical (unpaired) electrons. The van der Waals surface area contributed by atoms with Crippen LogP contribution in [0.4, 0.5) is 0 Å². The van der Waals surface area contributed by atoms with Gasteiger partial charge >= 0.3 is 0 Å². The number of phenolic OH excluding ortho intramolecular Hbond substituents is 1. The molecule has 0 aliphatic carbocycles. The van der Waals surface area contributed by atoms with E-state index in [0.717, 1.165) is 0 Å². The molecule has 1 fully saturated rings. The quantitative estimate of drug-likeness (QED) is 0.261. The van der Waals surface area contributed by atoms with Crippen molar-refractivity contribution < 1.29 is 29.3 Å². The summed E-state index contributed by atoms with van der Waals surface area (Å²) in [6.07, 6.45) is 1.62. The maximum atomic E-state index is 13.0. The molecular formula is C25H28N2O6. The number of aliphatic hydroxyl groups is 1. The molecule has 2 aromatic carbocycles. The standard InChI is InChI=1S/C25H28N2O6/c1-5-14-33-18-9-6-16(7-10-18)23(29)21-22(17-8-11-19(28)20(15-17)32-4)27(13-12-26(2)3)25(31)24(21)30/h5-11,15,22,28-29H,1,12-14H2,2-4H3/b23-21+. The topological polar surface area (TPSA) is 99.5 Å². The monoisotopic (exact) mass is 452 g/mol. The minimum atomic E-state index is -0.837. The Morgan fingerprint density at radius 2 is 1.88 bits per heavy atom. The third kappa shape index (κ3) is 5.01. The molecule has 2 aromatic rings. The molecule has 0 spiro atoms. The summed E-state index contributed by atoms with van der Waals surface area (Å²) < 4.78 is 10.7. The zero-order valence-corrected chi connectivity index (χ0v) is 18.9. The Hall–Kier alpha value is -3.78. The molecule has 33 heavy (non-hydrogen) atoms. The summed E-state index contributed by atoms with van der Waals surface area (Å²) in [5.74, 6) is -1.03. The first-order valence-corrected chi connectivity index (χ1v) is 10.4. The van der Waals surface area contributed by atoms with Crippen molar-refractivity contribution in [1.82, 2.24) is 9.80 Å². The van der Waals surface area contributed by atoms with E-state index in [1.807, 2.05) is 19.0 Å². The smallest absolute Gasteiger partial charge is 0.295 e. The van der Waals surface area contributed by atoms with Gasteiger partial charge in [0.25, 0.3) is 11.7 Å². The molecule has 3 rings (SSSR count). The number of aliphatic hydroxyl groups excluding tert-OH is 1. The summed E-state index contributed by atoms with van der Waals surface area (Å²) >= 11 is 0. The number of likely N-dealkylation sites (N-methyl/N-ethyl adjacent to an activating group) is 1. The van der Waals surface area contributed by atoms with Crippen LogP contribution < -0.4 is 9.47 Å². The van der Waals surface area contributed by atoms with Crippen molar-refractivity contribution in [2.24, 2.45) is 0 Å². The van der Waals surface area contributed by atoms with Crippen LogP contribution in [0.3, 0.4) is 0 Å². The van der Waals surface area contributed by atoms with Crippen molar-refractivity contribution in [3.63, 3.8) is 0 Å². The fourth-order valence-electron chi connectivity index (χ4n) is 3.65. The minimum absolute atomic E-state index is 0.0220. The van der Waals surface area contributed by atoms with Gasteiger partial charge in [0.15, 0.2) is 11.5 Å². The second-order valence-corrected chi connectivity index (χ2v) is 7.85. The van der Waals surface area contributed by atoms with Gasteiger partial charge in [0.05, 0.1) is 18.7 Å². The third-order valence-electron chi connectivity index (χ3n) is 5.34. The van der Waals surface area contributed by atoms with Gasteiger partial charge in [0, 0.05) is 18.7 Å².